The van der Waals surface area contributed by atoms with E-state index < -0.39 is 0 Å². The third-order valence-electron chi connectivity index (χ3n) is 5.70. The monoisotopic (exact) mass is 427 g/mol. The van der Waals surface area contributed by atoms with Gasteiger partial charge in [-0.2, -0.15) is 0 Å². The van der Waals surface area contributed by atoms with E-state index in [1.807, 2.05) is 47.0 Å². The molecule has 1 fully saturated rings. The molecule has 0 aliphatic carbocycles. The predicted molar refractivity (Wildman–Crippen MR) is 117 cm³/mol. The van der Waals surface area contributed by atoms with E-state index in [4.69, 9.17) is 4.74 Å². The van der Waals surface area contributed by atoms with E-state index in [1.165, 1.54) is 18.1 Å². The zero-order valence-corrected chi connectivity index (χ0v) is 18.3. The van der Waals surface area contributed by atoms with Crippen LogP contribution in [0.15, 0.2) is 42.7 Å². The molecule has 1 aliphatic rings. The number of nitrogens with zero attached hydrogens (tertiary/aromatic N) is 3. The zero-order chi connectivity index (χ0) is 21.3. The van der Waals surface area contributed by atoms with Crippen LogP contribution in [0.4, 0.5) is 4.39 Å². The fraction of sp³-hybridized carbons (Fsp3) is 0.348. The SMILES string of the molecule is COc1ccc(CN2CCN(C(=O)c3c(-n4cccc4)sc(C)c3C)CC2)cc1F. The van der Waals surface area contributed by atoms with Gasteiger partial charge < -0.3 is 14.2 Å². The van der Waals surface area contributed by atoms with Crippen LogP contribution in [0.2, 0.25) is 0 Å². The van der Waals surface area contributed by atoms with Gasteiger partial charge in [0.1, 0.15) is 5.00 Å². The number of piperazine rings is 1. The summed E-state index contributed by atoms with van der Waals surface area (Å²) in [6.45, 7) is 7.61. The average molecular weight is 428 g/mol. The van der Waals surface area contributed by atoms with Gasteiger partial charge in [-0.15, -0.1) is 11.3 Å². The molecule has 3 heterocycles. The molecule has 0 bridgehead atoms. The molecule has 0 radical (unpaired) electrons. The number of hydrogen-bond donors (Lipinski definition) is 0. The maximum absolute atomic E-state index is 14.0. The lowest BCUT2D eigenvalue weighted by Crippen LogP contribution is -2.48. The molecule has 5 nitrogen and oxygen atoms in total. The van der Waals surface area contributed by atoms with Crippen molar-refractivity contribution in [3.05, 3.63) is 70.1 Å². The van der Waals surface area contributed by atoms with Crippen LogP contribution in [0.25, 0.3) is 5.00 Å². The van der Waals surface area contributed by atoms with Gasteiger partial charge in [0, 0.05) is 50.0 Å². The summed E-state index contributed by atoms with van der Waals surface area (Å²) in [4.78, 5) is 18.7. The fourth-order valence-corrected chi connectivity index (χ4v) is 4.96. The van der Waals surface area contributed by atoms with Crippen LogP contribution >= 0.6 is 11.3 Å². The Bertz CT molecular complexity index is 1040. The summed E-state index contributed by atoms with van der Waals surface area (Å²) in [6.07, 6.45) is 3.96. The van der Waals surface area contributed by atoms with E-state index in [2.05, 4.69) is 11.8 Å². The van der Waals surface area contributed by atoms with Crippen molar-refractivity contribution in [3.63, 3.8) is 0 Å². The van der Waals surface area contributed by atoms with Gasteiger partial charge in [-0.3, -0.25) is 9.69 Å². The molecule has 7 heteroatoms. The Labute approximate surface area is 180 Å². The zero-order valence-electron chi connectivity index (χ0n) is 17.5. The Kier molecular flexibility index (Phi) is 5.92. The summed E-state index contributed by atoms with van der Waals surface area (Å²) < 4.78 is 21.0. The number of ether oxygens (including phenoxy) is 1. The van der Waals surface area contributed by atoms with Gasteiger partial charge in [-0.1, -0.05) is 6.07 Å². The van der Waals surface area contributed by atoms with Gasteiger partial charge in [-0.05, 0) is 49.2 Å². The first-order valence-electron chi connectivity index (χ1n) is 10.1. The number of thiophene rings is 1. The lowest BCUT2D eigenvalue weighted by atomic mass is 10.1. The van der Waals surface area contributed by atoms with E-state index in [0.717, 1.165) is 34.8 Å². The lowest BCUT2D eigenvalue weighted by Gasteiger charge is -2.35. The Hall–Kier alpha value is -2.64. The van der Waals surface area contributed by atoms with Crippen LogP contribution < -0.4 is 4.74 Å². The van der Waals surface area contributed by atoms with Gasteiger partial charge >= 0.3 is 0 Å². The molecule has 0 unspecified atom stereocenters. The number of rotatable bonds is 5. The number of halogens is 1. The Morgan fingerprint density at radius 1 is 1.13 bits per heavy atom. The highest BCUT2D eigenvalue weighted by molar-refractivity contribution is 7.15. The molecular formula is C23H26FN3O2S. The maximum Gasteiger partial charge on any atom is 0.257 e. The predicted octanol–water partition coefficient (Wildman–Crippen LogP) is 4.26. The van der Waals surface area contributed by atoms with Crippen LogP contribution in [0.1, 0.15) is 26.4 Å². The molecule has 0 saturated carbocycles. The van der Waals surface area contributed by atoms with Crippen molar-refractivity contribution in [2.45, 2.75) is 20.4 Å². The van der Waals surface area contributed by atoms with Gasteiger partial charge in [0.15, 0.2) is 11.6 Å². The molecule has 1 amide bonds. The van der Waals surface area contributed by atoms with Crippen molar-refractivity contribution in [2.75, 3.05) is 33.3 Å². The summed E-state index contributed by atoms with van der Waals surface area (Å²) in [5, 5.41) is 0.983. The summed E-state index contributed by atoms with van der Waals surface area (Å²) in [6, 6.07) is 9.02. The van der Waals surface area contributed by atoms with Crippen LogP contribution in [0.5, 0.6) is 5.75 Å². The largest absolute Gasteiger partial charge is 0.494 e. The minimum absolute atomic E-state index is 0.0932. The molecular weight excluding hydrogens is 401 g/mol. The smallest absolute Gasteiger partial charge is 0.257 e. The number of methoxy groups -OCH3 is 1. The second-order valence-corrected chi connectivity index (χ2v) is 8.79. The number of carbonyl (C=O) groups is 1. The summed E-state index contributed by atoms with van der Waals surface area (Å²) in [5.74, 6) is 0.00874. The number of benzene rings is 1. The highest BCUT2D eigenvalue weighted by atomic mass is 32.1. The van der Waals surface area contributed by atoms with E-state index in [1.54, 1.807) is 17.4 Å². The number of carbonyl (C=O) groups excluding carboxylic acids is 1. The lowest BCUT2D eigenvalue weighted by molar-refractivity contribution is 0.0628. The van der Waals surface area contributed by atoms with Crippen LogP contribution in [-0.2, 0) is 6.54 Å². The highest BCUT2D eigenvalue weighted by Crippen LogP contribution is 2.32. The van der Waals surface area contributed by atoms with Gasteiger partial charge in [0.05, 0.1) is 12.7 Å². The molecule has 158 valence electrons. The Morgan fingerprint density at radius 2 is 1.83 bits per heavy atom. The van der Waals surface area contributed by atoms with Crippen molar-refractivity contribution in [1.82, 2.24) is 14.4 Å². The topological polar surface area (TPSA) is 37.7 Å². The molecule has 0 spiro atoms. The van der Waals surface area contributed by atoms with Crippen molar-refractivity contribution in [2.24, 2.45) is 0 Å². The third-order valence-corrected chi connectivity index (χ3v) is 6.92. The molecule has 30 heavy (non-hydrogen) atoms. The van der Waals surface area contributed by atoms with E-state index in [-0.39, 0.29) is 17.5 Å². The normalized spacial score (nSPS) is 14.9. The Morgan fingerprint density at radius 3 is 2.47 bits per heavy atom. The van der Waals surface area contributed by atoms with Crippen LogP contribution in [0, 0.1) is 19.7 Å². The summed E-state index contributed by atoms with van der Waals surface area (Å²) in [5.41, 5.74) is 2.77. The maximum atomic E-state index is 14.0. The average Bonchev–Trinajstić information content (AvgIpc) is 3.37. The van der Waals surface area contributed by atoms with Crippen molar-refractivity contribution < 1.29 is 13.9 Å². The molecule has 0 atom stereocenters. The van der Waals surface area contributed by atoms with Gasteiger partial charge in [0.25, 0.3) is 5.91 Å². The second-order valence-electron chi connectivity index (χ2n) is 7.59. The third kappa shape index (κ3) is 4.00. The Balaban J connectivity index is 1.44. The molecule has 3 aromatic rings. The molecule has 1 saturated heterocycles. The fourth-order valence-electron chi connectivity index (χ4n) is 3.85. The molecule has 2 aromatic heterocycles. The molecule has 4 rings (SSSR count). The summed E-state index contributed by atoms with van der Waals surface area (Å²) >= 11 is 1.66. The van der Waals surface area contributed by atoms with Crippen molar-refractivity contribution >= 4 is 17.2 Å². The van der Waals surface area contributed by atoms with Gasteiger partial charge in [0.2, 0.25) is 0 Å². The van der Waals surface area contributed by atoms with E-state index in [0.29, 0.717) is 19.6 Å². The minimum atomic E-state index is -0.343. The number of amides is 1. The second kappa shape index (κ2) is 8.62. The van der Waals surface area contributed by atoms with Crippen molar-refractivity contribution in [1.29, 1.82) is 0 Å². The van der Waals surface area contributed by atoms with E-state index in [9.17, 15) is 9.18 Å². The first kappa shape index (κ1) is 20.6. The van der Waals surface area contributed by atoms with Crippen LogP contribution in [0.3, 0.4) is 0 Å². The standard InChI is InChI=1S/C23H26FN3O2S/c1-16-17(2)30-23(27-8-4-5-9-27)21(16)22(28)26-12-10-25(11-13-26)15-18-6-7-20(29-3)19(24)14-18/h4-9,14H,10-13,15H2,1-3H3. The first-order valence-corrected chi connectivity index (χ1v) is 10.9. The molecule has 1 aromatic carbocycles. The first-order chi connectivity index (χ1) is 14.5. The summed E-state index contributed by atoms with van der Waals surface area (Å²) in [7, 11) is 1.47. The molecule has 1 aliphatic heterocycles. The minimum Gasteiger partial charge on any atom is -0.494 e. The van der Waals surface area contributed by atoms with Gasteiger partial charge in [-0.25, -0.2) is 4.39 Å². The van der Waals surface area contributed by atoms with Crippen molar-refractivity contribution in [3.8, 4) is 10.8 Å². The number of hydrogen-bond acceptors (Lipinski definition) is 4. The van der Waals surface area contributed by atoms with E-state index >= 15 is 0 Å². The quantitative estimate of drug-likeness (QED) is 0.611. The number of aryl methyl sites for hydroxylation is 1. The number of aromatic nitrogens is 1. The van der Waals surface area contributed by atoms with Crippen LogP contribution in [-0.4, -0.2) is 53.6 Å². The highest BCUT2D eigenvalue weighted by Gasteiger charge is 2.27. The molecule has 0 N–H and O–H groups in total.